The Bertz CT molecular complexity index is 1910. The number of ether oxygens (including phenoxy) is 1. The highest BCUT2D eigenvalue weighted by Crippen LogP contribution is 2.44. The van der Waals surface area contributed by atoms with Crippen LogP contribution in [0.15, 0.2) is 78.9 Å². The van der Waals surface area contributed by atoms with Gasteiger partial charge in [0.25, 0.3) is 5.91 Å². The minimum Gasteiger partial charge on any atom is -0.464 e. The van der Waals surface area contributed by atoms with Gasteiger partial charge in [-0.25, -0.2) is 9.78 Å². The monoisotopic (exact) mass is 605 g/mol. The Hall–Kier alpha value is -4.96. The number of nitrogens with one attached hydrogen (secondary N) is 1. The first-order chi connectivity index (χ1) is 21.4. The van der Waals surface area contributed by atoms with Crippen molar-refractivity contribution in [1.29, 1.82) is 0 Å². The van der Waals surface area contributed by atoms with Crippen molar-refractivity contribution in [3.8, 4) is 0 Å². The van der Waals surface area contributed by atoms with Crippen LogP contribution < -0.4 is 10.2 Å². The Morgan fingerprint density at radius 3 is 2.57 bits per heavy atom. The number of nitrogens with zero attached hydrogens (tertiary/aromatic N) is 4. The van der Waals surface area contributed by atoms with Gasteiger partial charge in [0.1, 0.15) is 12.7 Å². The molecule has 0 saturated heterocycles. The third kappa shape index (κ3) is 4.71. The van der Waals surface area contributed by atoms with Crippen LogP contribution in [0.2, 0.25) is 0 Å². The SMILES string of the molecule is COC(=O)c1nc(NC(=O)Cn2c3c(c4ccccc42)CCN2C(=O)c4ccccc4N(C)C32)sc1CCc1ccccc1. The number of fused-ring (bicyclic) bond motifs is 6. The average molecular weight is 606 g/mol. The Kier molecular flexibility index (Phi) is 7.14. The molecule has 7 rings (SSSR count). The van der Waals surface area contributed by atoms with Crippen LogP contribution in [0, 0.1) is 0 Å². The molecule has 0 spiro atoms. The van der Waals surface area contributed by atoms with E-state index in [1.807, 2.05) is 89.3 Å². The second-order valence-corrected chi connectivity index (χ2v) is 12.1. The zero-order valence-corrected chi connectivity index (χ0v) is 25.3. The highest BCUT2D eigenvalue weighted by Gasteiger charge is 2.42. The Morgan fingerprint density at radius 1 is 1.00 bits per heavy atom. The molecule has 2 aliphatic rings. The highest BCUT2D eigenvalue weighted by molar-refractivity contribution is 7.16. The molecule has 0 bridgehead atoms. The molecule has 1 atom stereocenters. The molecule has 1 N–H and O–H groups in total. The van der Waals surface area contributed by atoms with Crippen molar-refractivity contribution in [2.75, 3.05) is 30.9 Å². The van der Waals surface area contributed by atoms with E-state index in [1.54, 1.807) is 0 Å². The maximum atomic E-state index is 13.7. The van der Waals surface area contributed by atoms with Gasteiger partial charge in [-0.2, -0.15) is 0 Å². The van der Waals surface area contributed by atoms with Crippen LogP contribution in [-0.2, 0) is 35.3 Å². The van der Waals surface area contributed by atoms with Crippen molar-refractivity contribution in [2.45, 2.75) is 32.0 Å². The van der Waals surface area contributed by atoms with E-state index in [0.717, 1.165) is 44.7 Å². The van der Waals surface area contributed by atoms with Crippen LogP contribution in [0.25, 0.3) is 10.9 Å². The Morgan fingerprint density at radius 2 is 1.75 bits per heavy atom. The number of para-hydroxylation sites is 2. The van der Waals surface area contributed by atoms with E-state index in [1.165, 1.54) is 18.4 Å². The molecule has 10 heteroatoms. The van der Waals surface area contributed by atoms with E-state index in [4.69, 9.17) is 4.74 Å². The van der Waals surface area contributed by atoms with Crippen LogP contribution in [0.3, 0.4) is 0 Å². The molecule has 5 aromatic rings. The number of methoxy groups -OCH3 is 1. The molecule has 2 aliphatic heterocycles. The maximum Gasteiger partial charge on any atom is 0.357 e. The molecule has 222 valence electrons. The summed E-state index contributed by atoms with van der Waals surface area (Å²) in [5, 5.41) is 4.38. The molecular weight excluding hydrogens is 574 g/mol. The fraction of sp³-hybridized carbons (Fsp3) is 0.235. The van der Waals surface area contributed by atoms with E-state index in [-0.39, 0.29) is 30.2 Å². The summed E-state index contributed by atoms with van der Waals surface area (Å²) in [5.41, 5.74) is 5.96. The van der Waals surface area contributed by atoms with Crippen molar-refractivity contribution in [1.82, 2.24) is 14.5 Å². The zero-order chi connectivity index (χ0) is 30.4. The molecule has 44 heavy (non-hydrogen) atoms. The number of carbonyl (C=O) groups is 3. The zero-order valence-electron chi connectivity index (χ0n) is 24.4. The third-order valence-corrected chi connectivity index (χ3v) is 9.54. The lowest BCUT2D eigenvalue weighted by molar-refractivity contribution is -0.116. The largest absolute Gasteiger partial charge is 0.464 e. The molecule has 2 amide bonds. The summed E-state index contributed by atoms with van der Waals surface area (Å²) >= 11 is 1.29. The highest BCUT2D eigenvalue weighted by atomic mass is 32.1. The maximum absolute atomic E-state index is 13.7. The van der Waals surface area contributed by atoms with E-state index >= 15 is 0 Å². The molecule has 2 aromatic heterocycles. The van der Waals surface area contributed by atoms with E-state index in [0.29, 0.717) is 30.1 Å². The number of aromatic nitrogens is 2. The third-order valence-electron chi connectivity index (χ3n) is 8.51. The van der Waals surface area contributed by atoms with Gasteiger partial charge in [0.15, 0.2) is 10.8 Å². The number of hydrogen-bond donors (Lipinski definition) is 1. The summed E-state index contributed by atoms with van der Waals surface area (Å²) in [6, 6.07) is 25.8. The second-order valence-electron chi connectivity index (χ2n) is 11.0. The number of thiazole rings is 1. The van der Waals surface area contributed by atoms with Crippen molar-refractivity contribution >= 4 is 50.8 Å². The van der Waals surface area contributed by atoms with Gasteiger partial charge in [-0.05, 0) is 48.6 Å². The fourth-order valence-electron chi connectivity index (χ4n) is 6.51. The summed E-state index contributed by atoms with van der Waals surface area (Å²) in [4.78, 5) is 49.1. The number of esters is 1. The van der Waals surface area contributed by atoms with Crippen molar-refractivity contribution in [2.24, 2.45) is 0 Å². The number of amides is 2. The van der Waals surface area contributed by atoms with E-state index in [9.17, 15) is 14.4 Å². The van der Waals surface area contributed by atoms with Crippen LogP contribution in [-0.4, -0.2) is 52.9 Å². The number of hydrogen-bond acceptors (Lipinski definition) is 7. The smallest absolute Gasteiger partial charge is 0.357 e. The van der Waals surface area contributed by atoms with Gasteiger partial charge >= 0.3 is 5.97 Å². The van der Waals surface area contributed by atoms with Crippen molar-refractivity contribution < 1.29 is 19.1 Å². The molecule has 4 heterocycles. The fourth-order valence-corrected chi connectivity index (χ4v) is 7.48. The summed E-state index contributed by atoms with van der Waals surface area (Å²) in [6.45, 7) is 0.618. The van der Waals surface area contributed by atoms with E-state index < -0.39 is 5.97 Å². The summed E-state index contributed by atoms with van der Waals surface area (Å²) in [6.07, 6.45) is 1.67. The lowest BCUT2D eigenvalue weighted by Gasteiger charge is -2.46. The number of benzene rings is 3. The van der Waals surface area contributed by atoms with Gasteiger partial charge in [-0.1, -0.05) is 60.7 Å². The molecule has 0 saturated carbocycles. The van der Waals surface area contributed by atoms with E-state index in [2.05, 4.69) is 21.3 Å². The standard InChI is InChI=1S/C34H31N5O4S/c1-37-25-14-8-7-13-24(25)32(41)38-19-18-23-22-12-6-9-15-26(22)39(30(23)31(37)38)20-28(40)35-34-36-29(33(42)43-2)27(44-34)17-16-21-10-4-3-5-11-21/h3-15,31H,16-20H2,1-2H3,(H,35,36,40). The topological polar surface area (TPSA) is 96.8 Å². The summed E-state index contributed by atoms with van der Waals surface area (Å²) < 4.78 is 7.02. The first-order valence-electron chi connectivity index (χ1n) is 14.6. The average Bonchev–Trinajstić information content (AvgIpc) is 3.61. The van der Waals surface area contributed by atoms with Crippen LogP contribution in [0.4, 0.5) is 10.8 Å². The second kappa shape index (κ2) is 11.3. The quantitative estimate of drug-likeness (QED) is 0.248. The lowest BCUT2D eigenvalue weighted by atomic mass is 9.96. The minimum absolute atomic E-state index is 0.00300. The number of carbonyl (C=O) groups excluding carboxylic acids is 3. The van der Waals surface area contributed by atoms with Crippen LogP contribution in [0.5, 0.6) is 0 Å². The molecule has 3 aromatic carbocycles. The Labute approximate surface area is 258 Å². The lowest BCUT2D eigenvalue weighted by Crippen LogP contribution is -2.51. The summed E-state index contributed by atoms with van der Waals surface area (Å²) in [5.74, 6) is -0.798. The van der Waals surface area contributed by atoms with Crippen LogP contribution >= 0.6 is 11.3 Å². The van der Waals surface area contributed by atoms with Crippen LogP contribution in [0.1, 0.15) is 48.7 Å². The van der Waals surface area contributed by atoms with Crippen molar-refractivity contribution in [3.63, 3.8) is 0 Å². The van der Waals surface area contributed by atoms with Gasteiger partial charge < -0.3 is 24.4 Å². The van der Waals surface area contributed by atoms with Gasteiger partial charge in [-0.3, -0.25) is 9.59 Å². The number of rotatable bonds is 7. The molecule has 9 nitrogen and oxygen atoms in total. The van der Waals surface area contributed by atoms with Gasteiger partial charge in [0, 0.05) is 29.4 Å². The van der Waals surface area contributed by atoms with Gasteiger partial charge in [0.05, 0.1) is 24.1 Å². The predicted molar refractivity (Wildman–Crippen MR) is 170 cm³/mol. The molecule has 0 radical (unpaired) electrons. The van der Waals surface area contributed by atoms with Crippen molar-refractivity contribution in [3.05, 3.63) is 112 Å². The minimum atomic E-state index is -0.527. The first kappa shape index (κ1) is 27.8. The summed E-state index contributed by atoms with van der Waals surface area (Å²) in [7, 11) is 3.33. The Balaban J connectivity index is 1.21. The van der Waals surface area contributed by atoms with Gasteiger partial charge in [0.2, 0.25) is 5.91 Å². The molecular formula is C34H31N5O4S. The first-order valence-corrected chi connectivity index (χ1v) is 15.4. The number of anilines is 2. The molecule has 0 aliphatic carbocycles. The number of aryl methyl sites for hydroxylation is 2. The van der Waals surface area contributed by atoms with Gasteiger partial charge in [-0.15, -0.1) is 11.3 Å². The molecule has 1 unspecified atom stereocenters. The normalized spacial score (nSPS) is 15.5. The molecule has 0 fully saturated rings. The predicted octanol–water partition coefficient (Wildman–Crippen LogP) is 5.46.